The molecule has 0 unspecified atom stereocenters. The second-order valence-corrected chi connectivity index (χ2v) is 1.44. The van der Waals surface area contributed by atoms with Crippen molar-refractivity contribution in [2.24, 2.45) is 0 Å². The first-order valence-electron chi connectivity index (χ1n) is 2.63. The Morgan fingerprint density at radius 2 is 2.10 bits per heavy atom. The summed E-state index contributed by atoms with van der Waals surface area (Å²) in [6.45, 7) is 3.42. The smallest absolute Gasteiger partial charge is 0.0509 e. The van der Waals surface area contributed by atoms with Gasteiger partial charge < -0.3 is 17.5 Å². The summed E-state index contributed by atoms with van der Waals surface area (Å²) in [6, 6.07) is 0. The summed E-state index contributed by atoms with van der Waals surface area (Å²) in [5.74, 6) is -0.144. The van der Waals surface area contributed by atoms with E-state index in [0.29, 0.717) is 0 Å². The summed E-state index contributed by atoms with van der Waals surface area (Å²) in [5, 5.41) is 3.49. The monoisotopic (exact) mass is 216 g/mol. The van der Waals surface area contributed by atoms with Crippen molar-refractivity contribution in [2.75, 3.05) is 0 Å². The van der Waals surface area contributed by atoms with Crippen molar-refractivity contribution in [1.29, 1.82) is 0 Å². The Morgan fingerprint density at radius 3 is 2.40 bits per heavy atom. The van der Waals surface area contributed by atoms with E-state index in [1.807, 2.05) is 13.0 Å². The van der Waals surface area contributed by atoms with Crippen molar-refractivity contribution in [3.05, 3.63) is 25.0 Å². The van der Waals surface area contributed by atoms with Gasteiger partial charge in [-0.15, -0.1) is 6.08 Å². The number of amides is 1. The van der Waals surface area contributed by atoms with Gasteiger partial charge in [0, 0.05) is 32.7 Å². The van der Waals surface area contributed by atoms with Crippen LogP contribution in [0.1, 0.15) is 20.3 Å². The molecule has 0 heterocycles. The van der Waals surface area contributed by atoms with Crippen LogP contribution < -0.4 is 0 Å². The van der Waals surface area contributed by atoms with Gasteiger partial charge in [0.15, 0.2) is 0 Å². The van der Waals surface area contributed by atoms with Crippen LogP contribution in [-0.2, 0) is 37.5 Å². The van der Waals surface area contributed by atoms with Crippen LogP contribution in [0, 0.1) is 7.43 Å². The molecule has 3 heteroatoms. The molecule has 57 valence electrons. The van der Waals surface area contributed by atoms with Crippen molar-refractivity contribution in [1.82, 2.24) is 0 Å². The summed E-state index contributed by atoms with van der Waals surface area (Å²) in [7, 11) is 0. The molecular formula is C7H13NOY-2. The molecule has 0 aliphatic rings. The van der Waals surface area contributed by atoms with E-state index in [1.54, 1.807) is 0 Å². The Kier molecular flexibility index (Phi) is 20.1. The summed E-state index contributed by atoms with van der Waals surface area (Å²) >= 11 is 0. The molecule has 0 spiro atoms. The van der Waals surface area contributed by atoms with Gasteiger partial charge in [0.25, 0.3) is 0 Å². The maximum absolute atomic E-state index is 10.1. The zero-order chi connectivity index (χ0) is 6.41. The molecule has 1 radical (unpaired) electrons. The Balaban J connectivity index is -0.000000245. The molecule has 0 rings (SSSR count). The van der Waals surface area contributed by atoms with Crippen molar-refractivity contribution in [3.63, 3.8) is 0 Å². The molecule has 0 saturated carbocycles. The average Bonchev–Trinajstić information content (AvgIpc) is 1.66. The molecular weight excluding hydrogens is 203 g/mol. The van der Waals surface area contributed by atoms with Crippen LogP contribution in [0.2, 0.25) is 0 Å². The van der Waals surface area contributed by atoms with E-state index in [2.05, 4.69) is 5.32 Å². The Bertz CT molecular complexity index is 102. The third kappa shape index (κ3) is 15.7. The van der Waals surface area contributed by atoms with Crippen molar-refractivity contribution in [3.8, 4) is 0 Å². The minimum absolute atomic E-state index is 0. The summed E-state index contributed by atoms with van der Waals surface area (Å²) < 4.78 is 0. The fourth-order valence-corrected chi connectivity index (χ4v) is 0.263. The second-order valence-electron chi connectivity index (χ2n) is 1.44. The van der Waals surface area contributed by atoms with E-state index in [-0.39, 0.29) is 46.0 Å². The van der Waals surface area contributed by atoms with E-state index in [4.69, 9.17) is 0 Å². The van der Waals surface area contributed by atoms with E-state index in [9.17, 15) is 4.79 Å². The Morgan fingerprint density at radius 1 is 1.60 bits per heavy atom. The van der Waals surface area contributed by atoms with Crippen LogP contribution in [0.15, 0.2) is 12.3 Å². The predicted molar refractivity (Wildman–Crippen MR) is 39.9 cm³/mol. The molecule has 0 aromatic rings. The minimum Gasteiger partial charge on any atom is -0.634 e. The van der Waals surface area contributed by atoms with E-state index in [0.717, 1.165) is 6.42 Å². The Labute approximate surface area is 88.3 Å². The number of allylic oxidation sites excluding steroid dienone is 1. The van der Waals surface area contributed by atoms with E-state index < -0.39 is 0 Å². The number of hydrogen-bond acceptors (Lipinski definition) is 1. The van der Waals surface area contributed by atoms with Gasteiger partial charge in [-0.1, -0.05) is 6.92 Å². The summed E-state index contributed by atoms with van der Waals surface area (Å²) in [4.78, 5) is 10.1. The number of rotatable bonds is 2. The van der Waals surface area contributed by atoms with Crippen molar-refractivity contribution >= 4 is 5.91 Å². The number of hydrogen-bond donors (Lipinski definition) is 0. The quantitative estimate of drug-likeness (QED) is 0.651. The first-order valence-corrected chi connectivity index (χ1v) is 2.63. The molecule has 0 aromatic heterocycles. The molecule has 0 atom stereocenters. The number of nitrogens with zero attached hydrogens (tertiary/aromatic N) is 1. The molecule has 0 bridgehead atoms. The zero-order valence-electron chi connectivity index (χ0n) is 6.79. The van der Waals surface area contributed by atoms with Crippen molar-refractivity contribution in [2.45, 2.75) is 20.3 Å². The largest absolute Gasteiger partial charge is 0.634 e. The van der Waals surface area contributed by atoms with E-state index >= 15 is 0 Å². The van der Waals surface area contributed by atoms with Crippen LogP contribution in [0.3, 0.4) is 0 Å². The van der Waals surface area contributed by atoms with Crippen LogP contribution in [0.25, 0.3) is 5.32 Å². The van der Waals surface area contributed by atoms with Crippen LogP contribution in [0.4, 0.5) is 0 Å². The third-order valence-electron chi connectivity index (χ3n) is 0.597. The second kappa shape index (κ2) is 12.0. The molecule has 1 amide bonds. The summed E-state index contributed by atoms with van der Waals surface area (Å²) in [6.07, 6.45) is 4.29. The Hall–Kier alpha value is 0.314. The third-order valence-corrected chi connectivity index (χ3v) is 0.597. The fourth-order valence-electron chi connectivity index (χ4n) is 0.263. The minimum atomic E-state index is -0.144. The van der Waals surface area contributed by atoms with E-state index in [1.165, 1.54) is 13.1 Å². The topological polar surface area (TPSA) is 31.2 Å². The van der Waals surface area contributed by atoms with Gasteiger partial charge in [-0.05, 0) is 13.3 Å². The first-order chi connectivity index (χ1) is 3.77. The maximum atomic E-state index is 10.1. The van der Waals surface area contributed by atoms with Crippen LogP contribution in [-0.4, -0.2) is 5.91 Å². The molecule has 2 nitrogen and oxygen atoms in total. The molecule has 0 saturated heterocycles. The number of carbonyl (C=O) groups excluding carboxylic acids is 1. The predicted octanol–water partition coefficient (Wildman–Crippen LogP) is 2.28. The SMILES string of the molecule is CC/C=C/[N-]C(C)=O.[CH3-].[Y]. The standard InChI is InChI=1S/C6H11NO.CH3.Y/c1-3-4-5-7-6(2)8;;/h4-5H,3H2,1-2H3,(H,7,8);1H3;/q;-1;/p-1/b5-4+;;. The van der Waals surface area contributed by atoms with Gasteiger partial charge in [0.05, 0.1) is 5.91 Å². The molecule has 0 aromatic carbocycles. The van der Waals surface area contributed by atoms with Gasteiger partial charge in [0.2, 0.25) is 0 Å². The maximum Gasteiger partial charge on any atom is 0.0509 e. The number of carbonyl (C=O) groups is 1. The molecule has 0 aliphatic carbocycles. The van der Waals surface area contributed by atoms with Gasteiger partial charge >= 0.3 is 0 Å². The van der Waals surface area contributed by atoms with Gasteiger partial charge in [-0.2, -0.15) is 6.20 Å². The molecule has 10 heavy (non-hydrogen) atoms. The molecule has 0 N–H and O–H groups in total. The van der Waals surface area contributed by atoms with Crippen LogP contribution in [0.5, 0.6) is 0 Å². The normalized spacial score (nSPS) is 7.80. The van der Waals surface area contributed by atoms with Gasteiger partial charge in [-0.3, -0.25) is 0 Å². The van der Waals surface area contributed by atoms with Crippen molar-refractivity contribution < 1.29 is 37.5 Å². The zero-order valence-corrected chi connectivity index (χ0v) is 9.63. The van der Waals surface area contributed by atoms with Crippen LogP contribution >= 0.6 is 0 Å². The molecule has 0 aliphatic heterocycles. The first kappa shape index (κ1) is 16.7. The molecule has 0 fully saturated rings. The average molecular weight is 216 g/mol. The van der Waals surface area contributed by atoms with Gasteiger partial charge in [-0.25, -0.2) is 0 Å². The van der Waals surface area contributed by atoms with Gasteiger partial charge in [0.1, 0.15) is 0 Å². The summed E-state index contributed by atoms with van der Waals surface area (Å²) in [5.41, 5.74) is 0. The fraction of sp³-hybridized carbons (Fsp3) is 0.429.